The first-order valence-corrected chi connectivity index (χ1v) is 9.06. The van der Waals surface area contributed by atoms with Gasteiger partial charge in [-0.05, 0) is 54.6 Å². The number of anilines is 3. The molecule has 2 aromatic carbocycles. The van der Waals surface area contributed by atoms with E-state index in [9.17, 15) is 18.0 Å². The summed E-state index contributed by atoms with van der Waals surface area (Å²) in [6.07, 6.45) is 0.404. The van der Waals surface area contributed by atoms with Crippen molar-refractivity contribution >= 4 is 28.6 Å². The molecule has 31 heavy (non-hydrogen) atoms. The molecule has 4 aromatic rings. The molecule has 0 atom stereocenters. The zero-order chi connectivity index (χ0) is 22.0. The summed E-state index contributed by atoms with van der Waals surface area (Å²) in [7, 11) is 0. The zero-order valence-electron chi connectivity index (χ0n) is 15.8. The van der Waals surface area contributed by atoms with Gasteiger partial charge in [0, 0.05) is 35.7 Å². The van der Waals surface area contributed by atoms with Crippen LogP contribution in [-0.4, -0.2) is 15.3 Å². The van der Waals surface area contributed by atoms with Crippen LogP contribution in [0, 0.1) is 11.3 Å². The minimum atomic E-state index is -4.63. The minimum absolute atomic E-state index is 0.191. The van der Waals surface area contributed by atoms with E-state index < -0.39 is 17.3 Å². The fourth-order valence-electron chi connectivity index (χ4n) is 3.02. The summed E-state index contributed by atoms with van der Waals surface area (Å²) < 4.78 is 41.1. The first-order valence-electron chi connectivity index (χ1n) is 9.06. The molecule has 0 aliphatic heterocycles. The number of rotatable bonds is 4. The van der Waals surface area contributed by atoms with Gasteiger partial charge in [0.15, 0.2) is 0 Å². The van der Waals surface area contributed by atoms with Gasteiger partial charge < -0.3 is 15.0 Å². The van der Waals surface area contributed by atoms with E-state index in [-0.39, 0.29) is 11.6 Å². The topological polar surface area (TPSA) is 82.2 Å². The Kier molecular flexibility index (Phi) is 5.05. The van der Waals surface area contributed by atoms with Crippen molar-refractivity contribution in [1.29, 1.82) is 5.26 Å². The molecule has 0 aliphatic carbocycles. The first kappa shape index (κ1) is 20.0. The van der Waals surface area contributed by atoms with Crippen molar-refractivity contribution in [2.24, 2.45) is 0 Å². The summed E-state index contributed by atoms with van der Waals surface area (Å²) in [5.41, 5.74) is 0.974. The van der Waals surface area contributed by atoms with Gasteiger partial charge in [0.25, 0.3) is 5.91 Å². The number of aromatic nitrogens is 2. The fraction of sp³-hybridized carbons (Fsp3) is 0.0455. The summed E-state index contributed by atoms with van der Waals surface area (Å²) in [5, 5.41) is 14.5. The molecule has 154 valence electrons. The Morgan fingerprint density at radius 2 is 1.71 bits per heavy atom. The van der Waals surface area contributed by atoms with E-state index in [0.717, 1.165) is 17.8 Å². The number of carbonyl (C=O) groups is 1. The van der Waals surface area contributed by atoms with Crippen LogP contribution in [0.25, 0.3) is 5.65 Å². The second kappa shape index (κ2) is 7.84. The second-order valence-corrected chi connectivity index (χ2v) is 6.64. The van der Waals surface area contributed by atoms with E-state index >= 15 is 0 Å². The molecule has 4 rings (SSSR count). The highest BCUT2D eigenvalue weighted by Crippen LogP contribution is 2.34. The Balaban J connectivity index is 1.47. The van der Waals surface area contributed by atoms with Crippen LogP contribution in [0.15, 0.2) is 73.2 Å². The van der Waals surface area contributed by atoms with Crippen molar-refractivity contribution in [3.05, 3.63) is 89.9 Å². The molecular formula is C22H14F3N5O. The van der Waals surface area contributed by atoms with Crippen LogP contribution in [0.5, 0.6) is 0 Å². The van der Waals surface area contributed by atoms with Crippen LogP contribution in [0.3, 0.4) is 0 Å². The van der Waals surface area contributed by atoms with Crippen molar-refractivity contribution in [2.75, 3.05) is 10.6 Å². The molecule has 0 aliphatic rings. The molecule has 2 aromatic heterocycles. The van der Waals surface area contributed by atoms with Crippen molar-refractivity contribution in [3.63, 3.8) is 0 Å². The number of amides is 1. The number of nitriles is 1. The third kappa shape index (κ3) is 4.33. The standard InChI is InChI=1S/C22H14F3N5O/c23-22(24,25)19-11-18(3-1-14(19)12-26)28-16-4-6-17(7-5-16)29-21(31)15-2-8-20-27-9-10-30(20)13-15/h1-11,13,28H,(H,29,31). The molecule has 1 amide bonds. The van der Waals surface area contributed by atoms with E-state index in [1.807, 2.05) is 0 Å². The van der Waals surface area contributed by atoms with Gasteiger partial charge >= 0.3 is 6.18 Å². The smallest absolute Gasteiger partial charge is 0.356 e. The van der Waals surface area contributed by atoms with Gasteiger partial charge in [0.1, 0.15) is 5.65 Å². The van der Waals surface area contributed by atoms with Crippen molar-refractivity contribution in [1.82, 2.24) is 9.38 Å². The van der Waals surface area contributed by atoms with Gasteiger partial charge in [-0.1, -0.05) is 0 Å². The number of benzene rings is 2. The number of carbonyl (C=O) groups excluding carboxylic acids is 1. The summed E-state index contributed by atoms with van der Waals surface area (Å²) in [5.74, 6) is -0.307. The predicted octanol–water partition coefficient (Wildman–Crippen LogP) is 5.22. The minimum Gasteiger partial charge on any atom is -0.356 e. The number of halogens is 3. The lowest BCUT2D eigenvalue weighted by molar-refractivity contribution is -0.137. The summed E-state index contributed by atoms with van der Waals surface area (Å²) in [6.45, 7) is 0. The number of pyridine rings is 1. The maximum atomic E-state index is 13.1. The molecule has 2 heterocycles. The lowest BCUT2D eigenvalue weighted by atomic mass is 10.1. The Morgan fingerprint density at radius 1 is 1.00 bits per heavy atom. The Morgan fingerprint density at radius 3 is 2.42 bits per heavy atom. The largest absolute Gasteiger partial charge is 0.417 e. The highest BCUT2D eigenvalue weighted by molar-refractivity contribution is 6.04. The lowest BCUT2D eigenvalue weighted by Crippen LogP contribution is -2.12. The first-order chi connectivity index (χ1) is 14.8. The molecule has 9 heteroatoms. The van der Waals surface area contributed by atoms with Crippen LogP contribution >= 0.6 is 0 Å². The van der Waals surface area contributed by atoms with Crippen LogP contribution in [0.1, 0.15) is 21.5 Å². The number of hydrogen-bond donors (Lipinski definition) is 2. The summed E-state index contributed by atoms with van der Waals surface area (Å²) in [6, 6.07) is 14.9. The van der Waals surface area contributed by atoms with Gasteiger partial charge in [0.05, 0.1) is 22.8 Å². The van der Waals surface area contributed by atoms with Gasteiger partial charge in [-0.2, -0.15) is 18.4 Å². The quantitative estimate of drug-likeness (QED) is 0.473. The number of nitrogens with zero attached hydrogens (tertiary/aromatic N) is 3. The van der Waals surface area contributed by atoms with E-state index in [1.54, 1.807) is 65.5 Å². The molecule has 0 saturated carbocycles. The normalized spacial score (nSPS) is 11.2. The van der Waals surface area contributed by atoms with E-state index in [0.29, 0.717) is 16.9 Å². The Bertz CT molecular complexity index is 1300. The van der Waals surface area contributed by atoms with Crippen LogP contribution in [0.4, 0.5) is 30.2 Å². The molecule has 0 saturated heterocycles. The van der Waals surface area contributed by atoms with E-state index in [1.165, 1.54) is 6.07 Å². The van der Waals surface area contributed by atoms with Crippen LogP contribution in [0.2, 0.25) is 0 Å². The molecule has 0 spiro atoms. The highest BCUT2D eigenvalue weighted by Gasteiger charge is 2.33. The summed E-state index contributed by atoms with van der Waals surface area (Å²) in [4.78, 5) is 16.6. The maximum Gasteiger partial charge on any atom is 0.417 e. The number of imidazole rings is 1. The molecule has 0 fully saturated rings. The molecule has 0 unspecified atom stereocenters. The Labute approximate surface area is 174 Å². The number of nitrogens with one attached hydrogen (secondary N) is 2. The van der Waals surface area contributed by atoms with Crippen molar-refractivity contribution < 1.29 is 18.0 Å². The monoisotopic (exact) mass is 421 g/mol. The second-order valence-electron chi connectivity index (χ2n) is 6.64. The van der Waals surface area contributed by atoms with Crippen molar-refractivity contribution in [3.8, 4) is 6.07 Å². The average molecular weight is 421 g/mol. The lowest BCUT2D eigenvalue weighted by Gasteiger charge is -2.13. The molecule has 0 bridgehead atoms. The van der Waals surface area contributed by atoms with Crippen LogP contribution in [-0.2, 0) is 6.18 Å². The highest BCUT2D eigenvalue weighted by atomic mass is 19.4. The molecule has 0 radical (unpaired) electrons. The predicted molar refractivity (Wildman–Crippen MR) is 109 cm³/mol. The maximum absolute atomic E-state index is 13.1. The number of hydrogen-bond acceptors (Lipinski definition) is 4. The third-order valence-electron chi connectivity index (χ3n) is 4.53. The van der Waals surface area contributed by atoms with Crippen molar-refractivity contribution in [2.45, 2.75) is 6.18 Å². The molecule has 2 N–H and O–H groups in total. The van der Waals surface area contributed by atoms with Gasteiger partial charge in [-0.25, -0.2) is 4.98 Å². The zero-order valence-corrected chi connectivity index (χ0v) is 15.8. The van der Waals surface area contributed by atoms with Crippen LogP contribution < -0.4 is 10.6 Å². The fourth-order valence-corrected chi connectivity index (χ4v) is 3.02. The number of alkyl halides is 3. The van der Waals surface area contributed by atoms with Gasteiger partial charge in [-0.15, -0.1) is 0 Å². The Hall–Kier alpha value is -4.32. The van der Waals surface area contributed by atoms with E-state index in [2.05, 4.69) is 15.6 Å². The van der Waals surface area contributed by atoms with E-state index in [4.69, 9.17) is 5.26 Å². The number of fused-ring (bicyclic) bond motifs is 1. The molecular weight excluding hydrogens is 407 g/mol. The third-order valence-corrected chi connectivity index (χ3v) is 4.53. The van der Waals surface area contributed by atoms with Gasteiger partial charge in [0.2, 0.25) is 0 Å². The average Bonchev–Trinajstić information content (AvgIpc) is 3.22. The SMILES string of the molecule is N#Cc1ccc(Nc2ccc(NC(=O)c3ccc4nccn4c3)cc2)cc1C(F)(F)F. The molecule has 6 nitrogen and oxygen atoms in total. The van der Waals surface area contributed by atoms with Gasteiger partial charge in [-0.3, -0.25) is 4.79 Å². The summed E-state index contributed by atoms with van der Waals surface area (Å²) >= 11 is 0.